The molecule has 5 heteroatoms. The summed E-state index contributed by atoms with van der Waals surface area (Å²) in [4.78, 5) is 11.3. The molecule has 0 bridgehead atoms. The maximum absolute atomic E-state index is 6.02. The van der Waals surface area contributed by atoms with E-state index in [1.54, 1.807) is 0 Å². The topological polar surface area (TPSA) is 64.3 Å². The van der Waals surface area contributed by atoms with Crippen molar-refractivity contribution in [3.05, 3.63) is 11.4 Å². The van der Waals surface area contributed by atoms with Gasteiger partial charge in [0, 0.05) is 25.1 Å². The first-order valence-corrected chi connectivity index (χ1v) is 7.04. The van der Waals surface area contributed by atoms with Gasteiger partial charge >= 0.3 is 0 Å². The minimum atomic E-state index is 0.217. The molecule has 0 saturated carbocycles. The molecule has 0 amide bonds. The first kappa shape index (κ1) is 14.1. The maximum atomic E-state index is 6.02. The Hall–Kier alpha value is -1.36. The molecule has 1 aromatic rings. The summed E-state index contributed by atoms with van der Waals surface area (Å²) < 4.78 is 5.77. The third-order valence-electron chi connectivity index (χ3n) is 3.40. The van der Waals surface area contributed by atoms with Crippen LogP contribution in [0.2, 0.25) is 0 Å². The van der Waals surface area contributed by atoms with Gasteiger partial charge < -0.3 is 15.4 Å². The fourth-order valence-corrected chi connectivity index (χ4v) is 2.56. The van der Waals surface area contributed by atoms with E-state index in [0.717, 1.165) is 43.1 Å². The normalized spacial score (nSPS) is 23.7. The second kappa shape index (κ2) is 5.74. The molecule has 0 aliphatic carbocycles. The average Bonchev–Trinajstić information content (AvgIpc) is 2.32. The number of anilines is 2. The molecule has 0 radical (unpaired) electrons. The number of aryl methyl sites for hydroxylation is 1. The number of ether oxygens (including phenoxy) is 1. The monoisotopic (exact) mass is 264 g/mol. The zero-order valence-electron chi connectivity index (χ0n) is 12.3. The largest absolute Gasteiger partial charge is 0.383 e. The highest BCUT2D eigenvalue weighted by Gasteiger charge is 2.25. The van der Waals surface area contributed by atoms with E-state index in [1.807, 2.05) is 6.92 Å². The lowest BCUT2D eigenvalue weighted by molar-refractivity contribution is -0.00550. The van der Waals surface area contributed by atoms with Gasteiger partial charge in [0.25, 0.3) is 0 Å². The van der Waals surface area contributed by atoms with Crippen LogP contribution in [0.3, 0.4) is 0 Å². The lowest BCUT2D eigenvalue weighted by atomic mass is 10.2. The number of morpholine rings is 1. The van der Waals surface area contributed by atoms with E-state index >= 15 is 0 Å². The van der Waals surface area contributed by atoms with E-state index in [1.165, 1.54) is 0 Å². The van der Waals surface area contributed by atoms with Crippen molar-refractivity contribution in [2.24, 2.45) is 0 Å². The van der Waals surface area contributed by atoms with Crippen LogP contribution in [0.5, 0.6) is 0 Å². The number of hydrogen-bond acceptors (Lipinski definition) is 5. The molecule has 19 heavy (non-hydrogen) atoms. The standard InChI is InChI=1S/C14H24N4O/c1-5-6-12-16-13(15)11(4)14(17-12)18-7-9(2)19-10(3)8-18/h9-10H,5-8H2,1-4H3,(H2,15,16,17). The fourth-order valence-electron chi connectivity index (χ4n) is 2.56. The third kappa shape index (κ3) is 3.15. The molecule has 0 aromatic carbocycles. The van der Waals surface area contributed by atoms with Crippen molar-refractivity contribution < 1.29 is 4.74 Å². The molecule has 2 heterocycles. The van der Waals surface area contributed by atoms with Crippen LogP contribution in [0.25, 0.3) is 0 Å². The second-order valence-corrected chi connectivity index (χ2v) is 5.39. The first-order valence-electron chi connectivity index (χ1n) is 7.04. The third-order valence-corrected chi connectivity index (χ3v) is 3.40. The molecule has 106 valence electrons. The van der Waals surface area contributed by atoms with Gasteiger partial charge in [0.1, 0.15) is 17.5 Å². The van der Waals surface area contributed by atoms with E-state index in [4.69, 9.17) is 15.5 Å². The molecule has 2 rings (SSSR count). The smallest absolute Gasteiger partial charge is 0.137 e. The van der Waals surface area contributed by atoms with Crippen LogP contribution >= 0.6 is 0 Å². The number of rotatable bonds is 3. The summed E-state index contributed by atoms with van der Waals surface area (Å²) >= 11 is 0. The van der Waals surface area contributed by atoms with Gasteiger partial charge in [0.2, 0.25) is 0 Å². The van der Waals surface area contributed by atoms with Crippen LogP contribution in [0.15, 0.2) is 0 Å². The minimum Gasteiger partial charge on any atom is -0.383 e. The zero-order chi connectivity index (χ0) is 14.0. The van der Waals surface area contributed by atoms with Crippen LogP contribution in [0.4, 0.5) is 11.6 Å². The van der Waals surface area contributed by atoms with Crippen molar-refractivity contribution in [2.45, 2.75) is 52.7 Å². The van der Waals surface area contributed by atoms with Gasteiger partial charge in [-0.2, -0.15) is 0 Å². The van der Waals surface area contributed by atoms with E-state index in [0.29, 0.717) is 5.82 Å². The maximum Gasteiger partial charge on any atom is 0.137 e. The number of aromatic nitrogens is 2. The van der Waals surface area contributed by atoms with Crippen molar-refractivity contribution in [1.29, 1.82) is 0 Å². The quantitative estimate of drug-likeness (QED) is 0.903. The fraction of sp³-hybridized carbons (Fsp3) is 0.714. The van der Waals surface area contributed by atoms with Gasteiger partial charge in [-0.15, -0.1) is 0 Å². The van der Waals surface area contributed by atoms with Crippen LogP contribution in [0, 0.1) is 6.92 Å². The Bertz CT molecular complexity index is 439. The Balaban J connectivity index is 2.31. The van der Waals surface area contributed by atoms with Gasteiger partial charge in [-0.25, -0.2) is 9.97 Å². The molecule has 2 unspecified atom stereocenters. The van der Waals surface area contributed by atoms with Crippen molar-refractivity contribution >= 4 is 11.6 Å². The first-order chi connectivity index (χ1) is 9.01. The van der Waals surface area contributed by atoms with Gasteiger partial charge in [0.05, 0.1) is 12.2 Å². The summed E-state index contributed by atoms with van der Waals surface area (Å²) in [6.07, 6.45) is 2.33. The van der Waals surface area contributed by atoms with E-state index < -0.39 is 0 Å². The van der Waals surface area contributed by atoms with Gasteiger partial charge in [-0.1, -0.05) is 6.92 Å². The number of nitrogen functional groups attached to an aromatic ring is 1. The molecule has 2 N–H and O–H groups in total. The number of nitrogens with zero attached hydrogens (tertiary/aromatic N) is 3. The predicted molar refractivity (Wildman–Crippen MR) is 77.4 cm³/mol. The zero-order valence-corrected chi connectivity index (χ0v) is 12.3. The Morgan fingerprint density at radius 1 is 1.26 bits per heavy atom. The van der Waals surface area contributed by atoms with Crippen molar-refractivity contribution in [3.63, 3.8) is 0 Å². The Morgan fingerprint density at radius 3 is 2.47 bits per heavy atom. The van der Waals surface area contributed by atoms with Gasteiger partial charge in [-0.3, -0.25) is 0 Å². The van der Waals surface area contributed by atoms with E-state index in [-0.39, 0.29) is 12.2 Å². The van der Waals surface area contributed by atoms with E-state index in [9.17, 15) is 0 Å². The molecule has 1 aliphatic rings. The number of nitrogens with two attached hydrogens (primary N) is 1. The Kier molecular flexibility index (Phi) is 4.24. The summed E-state index contributed by atoms with van der Waals surface area (Å²) in [5, 5.41) is 0. The summed E-state index contributed by atoms with van der Waals surface area (Å²) in [5.74, 6) is 2.41. The predicted octanol–water partition coefficient (Wildman–Crippen LogP) is 1.93. The average molecular weight is 264 g/mol. The highest BCUT2D eigenvalue weighted by atomic mass is 16.5. The van der Waals surface area contributed by atoms with Crippen molar-refractivity contribution in [3.8, 4) is 0 Å². The van der Waals surface area contributed by atoms with Crippen LogP contribution in [0.1, 0.15) is 38.6 Å². The highest BCUT2D eigenvalue weighted by molar-refractivity contribution is 5.56. The molecule has 0 spiro atoms. The molecule has 5 nitrogen and oxygen atoms in total. The summed E-state index contributed by atoms with van der Waals surface area (Å²) in [7, 11) is 0. The molecule has 2 atom stereocenters. The molecule has 1 fully saturated rings. The van der Waals surface area contributed by atoms with Crippen LogP contribution in [-0.2, 0) is 11.2 Å². The molecule has 1 aliphatic heterocycles. The van der Waals surface area contributed by atoms with Crippen molar-refractivity contribution in [2.75, 3.05) is 23.7 Å². The second-order valence-electron chi connectivity index (χ2n) is 5.39. The van der Waals surface area contributed by atoms with Gasteiger partial charge in [-0.05, 0) is 27.2 Å². The molecular weight excluding hydrogens is 240 g/mol. The van der Waals surface area contributed by atoms with Crippen LogP contribution < -0.4 is 10.6 Å². The SMILES string of the molecule is CCCc1nc(N)c(C)c(N2CC(C)OC(C)C2)n1. The Morgan fingerprint density at radius 2 is 1.89 bits per heavy atom. The lowest BCUT2D eigenvalue weighted by Gasteiger charge is -2.36. The van der Waals surface area contributed by atoms with E-state index in [2.05, 4.69) is 30.7 Å². The minimum absolute atomic E-state index is 0.217. The molecule has 1 saturated heterocycles. The summed E-state index contributed by atoms with van der Waals surface area (Å²) in [6, 6.07) is 0. The summed E-state index contributed by atoms with van der Waals surface area (Å²) in [6.45, 7) is 10.0. The number of hydrogen-bond donors (Lipinski definition) is 1. The molecular formula is C14H24N4O. The highest BCUT2D eigenvalue weighted by Crippen LogP contribution is 2.25. The Labute approximate surface area is 115 Å². The lowest BCUT2D eigenvalue weighted by Crippen LogP contribution is -2.46. The van der Waals surface area contributed by atoms with Crippen LogP contribution in [-0.4, -0.2) is 35.3 Å². The van der Waals surface area contributed by atoms with Gasteiger partial charge in [0.15, 0.2) is 0 Å². The van der Waals surface area contributed by atoms with Crippen molar-refractivity contribution in [1.82, 2.24) is 9.97 Å². The molecule has 1 aromatic heterocycles. The summed E-state index contributed by atoms with van der Waals surface area (Å²) in [5.41, 5.74) is 6.99.